The minimum atomic E-state index is -1.80. The molecule has 4 unspecified atom stereocenters. The molecule has 0 spiro atoms. The first-order valence-electron chi connectivity index (χ1n) is 13.6. The van der Waals surface area contributed by atoms with Gasteiger partial charge in [-0.1, -0.05) is 0 Å². The number of phenols is 3. The van der Waals surface area contributed by atoms with Gasteiger partial charge in [0.05, 0.1) is 24.3 Å². The van der Waals surface area contributed by atoms with E-state index >= 15 is 0 Å². The maximum Gasteiger partial charge on any atom is 0.402 e. The fraction of sp³-hybridized carbons (Fsp3) is 0.448. The summed E-state index contributed by atoms with van der Waals surface area (Å²) >= 11 is 0. The van der Waals surface area contributed by atoms with Crippen LogP contribution in [-0.2, 0) is 23.7 Å². The molecule has 10 atom stereocenters. The van der Waals surface area contributed by atoms with Crippen molar-refractivity contribution in [2.75, 3.05) is 6.61 Å². The monoisotopic (exact) mass is 621 g/mol. The molecule has 1 aromatic heterocycles. The number of carbonyl (C=O) groups is 1. The highest BCUT2D eigenvalue weighted by Crippen LogP contribution is 2.41. The van der Waals surface area contributed by atoms with Gasteiger partial charge in [-0.15, -0.1) is 0 Å². The molecule has 5 rings (SSSR count). The number of fused-ring (bicyclic) bond motifs is 1. The lowest BCUT2D eigenvalue weighted by Gasteiger charge is -2.43. The Kier molecular flexibility index (Phi) is 9.10. The van der Waals surface area contributed by atoms with Crippen molar-refractivity contribution in [3.63, 3.8) is 0 Å². The predicted octanol–water partition coefficient (Wildman–Crippen LogP) is 0.0990. The average Bonchev–Trinajstić information content (AvgIpc) is 2.97. The van der Waals surface area contributed by atoms with Gasteiger partial charge in [0.15, 0.2) is 12.4 Å². The third kappa shape index (κ3) is 6.36. The quantitative estimate of drug-likeness (QED) is 0.129. The SMILES string of the molecule is CC(=O)O[C@H]1C(O)[C@@H](O)C(C)O[C@H]1OCC1O[C@@H](Oc2cc3c(O)cc(O)cc3[o+]c2-c2ccc(O)cc2)C(O)[C@@H](O)[C@@H]1O. The second kappa shape index (κ2) is 12.7. The highest BCUT2D eigenvalue weighted by atomic mass is 16.7. The van der Waals surface area contributed by atoms with E-state index in [0.717, 1.165) is 13.0 Å². The van der Waals surface area contributed by atoms with Crippen LogP contribution in [0, 0.1) is 0 Å². The van der Waals surface area contributed by atoms with Crippen LogP contribution in [-0.4, -0.2) is 115 Å². The molecular weight excluding hydrogens is 588 g/mol. The molecule has 2 fully saturated rings. The van der Waals surface area contributed by atoms with Crippen LogP contribution in [0.1, 0.15) is 13.8 Å². The Labute approximate surface area is 249 Å². The minimum absolute atomic E-state index is 0.0346. The van der Waals surface area contributed by atoms with E-state index < -0.39 is 74.0 Å². The van der Waals surface area contributed by atoms with Gasteiger partial charge in [0.25, 0.3) is 0 Å². The van der Waals surface area contributed by atoms with Crippen LogP contribution in [0.5, 0.6) is 23.0 Å². The highest BCUT2D eigenvalue weighted by Gasteiger charge is 2.49. The third-order valence-electron chi connectivity index (χ3n) is 7.37. The summed E-state index contributed by atoms with van der Waals surface area (Å²) in [7, 11) is 0. The van der Waals surface area contributed by atoms with E-state index in [-0.39, 0.29) is 39.7 Å². The van der Waals surface area contributed by atoms with E-state index in [1.165, 1.54) is 43.3 Å². The number of ether oxygens (including phenoxy) is 5. The summed E-state index contributed by atoms with van der Waals surface area (Å²) in [5.74, 6) is -1.49. The lowest BCUT2D eigenvalue weighted by atomic mass is 9.98. The van der Waals surface area contributed by atoms with Gasteiger partial charge in [-0.05, 0) is 31.2 Å². The van der Waals surface area contributed by atoms with Crippen molar-refractivity contribution in [3.8, 4) is 34.3 Å². The molecule has 0 saturated carbocycles. The summed E-state index contributed by atoms with van der Waals surface area (Å²) in [6, 6.07) is 9.45. The maximum atomic E-state index is 11.6. The van der Waals surface area contributed by atoms with Gasteiger partial charge < -0.3 is 64.5 Å². The van der Waals surface area contributed by atoms with Gasteiger partial charge in [-0.25, -0.2) is 4.42 Å². The molecule has 238 valence electrons. The molecular formula is C29H33O15+. The summed E-state index contributed by atoms with van der Waals surface area (Å²) < 4.78 is 33.9. The Bertz CT molecular complexity index is 1480. The molecule has 2 aliphatic heterocycles. The van der Waals surface area contributed by atoms with Gasteiger partial charge in [-0.3, -0.25) is 4.79 Å². The molecule has 0 amide bonds. The van der Waals surface area contributed by atoms with Crippen LogP contribution in [0.3, 0.4) is 0 Å². The summed E-state index contributed by atoms with van der Waals surface area (Å²) in [5.41, 5.74) is 0.454. The Balaban J connectivity index is 1.41. The number of aromatic hydroxyl groups is 3. The fourth-order valence-corrected chi connectivity index (χ4v) is 5.01. The molecule has 3 heterocycles. The first kappa shape index (κ1) is 31.6. The molecule has 0 bridgehead atoms. The van der Waals surface area contributed by atoms with Crippen LogP contribution in [0.4, 0.5) is 0 Å². The number of benzene rings is 2. The Morgan fingerprint density at radius 2 is 1.55 bits per heavy atom. The number of hydrogen-bond donors (Lipinski definition) is 8. The van der Waals surface area contributed by atoms with E-state index in [0.29, 0.717) is 5.56 Å². The van der Waals surface area contributed by atoms with Crippen molar-refractivity contribution < 1.29 is 73.7 Å². The van der Waals surface area contributed by atoms with Crippen molar-refractivity contribution in [3.05, 3.63) is 42.5 Å². The smallest absolute Gasteiger partial charge is 0.402 e. The largest absolute Gasteiger partial charge is 0.508 e. The molecule has 15 heteroatoms. The normalized spacial score (nSPS) is 32.3. The Morgan fingerprint density at radius 3 is 2.23 bits per heavy atom. The number of phenolic OH excluding ortho intramolecular Hbond substituents is 3. The van der Waals surface area contributed by atoms with E-state index in [9.17, 15) is 45.6 Å². The van der Waals surface area contributed by atoms with Gasteiger partial charge in [0.2, 0.25) is 12.0 Å². The highest BCUT2D eigenvalue weighted by molar-refractivity contribution is 5.88. The van der Waals surface area contributed by atoms with E-state index in [4.69, 9.17) is 28.1 Å². The standard InChI is InChI=1S/C29H32O15/c1-11-21(34)24(37)27(41-12(2)30)29(40-11)39-10-20-22(35)23(36)25(38)28(44-20)43-19-9-16-17(33)7-15(32)8-18(16)42-26(19)13-3-5-14(31)6-4-13/h3-9,11,20-25,27-29,34-38H,10H2,1-2H3,(H2-,31,32,33)/p+1/t11?,20?,21-,22+,23-,24?,25?,27-,28+,29+/m0/s1. The van der Waals surface area contributed by atoms with Crippen molar-refractivity contribution in [1.29, 1.82) is 0 Å². The predicted molar refractivity (Wildman–Crippen MR) is 146 cm³/mol. The van der Waals surface area contributed by atoms with Gasteiger partial charge in [0.1, 0.15) is 59.3 Å². The van der Waals surface area contributed by atoms with Crippen molar-refractivity contribution >= 4 is 16.9 Å². The van der Waals surface area contributed by atoms with Crippen LogP contribution in [0.25, 0.3) is 22.3 Å². The molecule has 44 heavy (non-hydrogen) atoms. The number of hydrogen-bond acceptors (Lipinski definition) is 14. The number of aliphatic hydroxyl groups excluding tert-OH is 5. The number of esters is 1. The third-order valence-corrected chi connectivity index (χ3v) is 7.37. The second-order valence-electron chi connectivity index (χ2n) is 10.6. The number of aliphatic hydroxyl groups is 5. The van der Waals surface area contributed by atoms with Gasteiger partial charge >= 0.3 is 17.3 Å². The van der Waals surface area contributed by atoms with Crippen molar-refractivity contribution in [1.82, 2.24) is 0 Å². The van der Waals surface area contributed by atoms with Crippen LogP contribution >= 0.6 is 0 Å². The first-order chi connectivity index (χ1) is 20.8. The zero-order valence-electron chi connectivity index (χ0n) is 23.5. The van der Waals surface area contributed by atoms with E-state index in [2.05, 4.69) is 0 Å². The van der Waals surface area contributed by atoms with Crippen LogP contribution < -0.4 is 4.74 Å². The molecule has 0 radical (unpaired) electrons. The minimum Gasteiger partial charge on any atom is -0.508 e. The second-order valence-corrected chi connectivity index (χ2v) is 10.6. The average molecular weight is 622 g/mol. The molecule has 0 aliphatic carbocycles. The molecule has 2 saturated heterocycles. The summed E-state index contributed by atoms with van der Waals surface area (Å²) in [6.07, 6.45) is -15.0. The topological polar surface area (TPSA) is 236 Å². The van der Waals surface area contributed by atoms with Crippen LogP contribution in [0.15, 0.2) is 46.9 Å². The number of carbonyl (C=O) groups excluding carboxylic acids is 1. The lowest BCUT2D eigenvalue weighted by Crippen LogP contribution is -2.62. The molecule has 3 aromatic rings. The van der Waals surface area contributed by atoms with Gasteiger partial charge in [0, 0.05) is 19.1 Å². The van der Waals surface area contributed by atoms with E-state index in [1.807, 2.05) is 0 Å². The van der Waals surface area contributed by atoms with Gasteiger partial charge in [-0.2, -0.15) is 0 Å². The lowest BCUT2D eigenvalue weighted by molar-refractivity contribution is -0.320. The molecule has 2 aliphatic rings. The van der Waals surface area contributed by atoms with Crippen LogP contribution in [0.2, 0.25) is 0 Å². The summed E-state index contributed by atoms with van der Waals surface area (Å²) in [5, 5.41) is 82.9. The summed E-state index contributed by atoms with van der Waals surface area (Å²) in [4.78, 5) is 11.6. The van der Waals surface area contributed by atoms with Crippen molar-refractivity contribution in [2.45, 2.75) is 75.3 Å². The Hall–Kier alpha value is -3.80. The Morgan fingerprint density at radius 1 is 0.841 bits per heavy atom. The molecule has 2 aromatic carbocycles. The zero-order valence-corrected chi connectivity index (χ0v) is 23.5. The molecule has 8 N–H and O–H groups in total. The first-order valence-corrected chi connectivity index (χ1v) is 13.6. The fourth-order valence-electron chi connectivity index (χ4n) is 5.01. The molecule has 15 nitrogen and oxygen atoms in total. The number of rotatable bonds is 7. The van der Waals surface area contributed by atoms with E-state index in [1.54, 1.807) is 0 Å². The zero-order chi connectivity index (χ0) is 31.9. The maximum absolute atomic E-state index is 11.6. The summed E-state index contributed by atoms with van der Waals surface area (Å²) in [6.45, 7) is 2.04. The van der Waals surface area contributed by atoms with Crippen molar-refractivity contribution in [2.24, 2.45) is 0 Å².